The third-order valence-corrected chi connectivity index (χ3v) is 4.72. The molecule has 3 aromatic rings. The number of H-pyrrole nitrogens is 1. The van der Waals surface area contributed by atoms with Crippen LogP contribution in [0.3, 0.4) is 0 Å². The first-order valence-electron chi connectivity index (χ1n) is 8.92. The Morgan fingerprint density at radius 1 is 1.25 bits per heavy atom. The van der Waals surface area contributed by atoms with Crippen molar-refractivity contribution in [3.63, 3.8) is 0 Å². The Hall–Kier alpha value is -3.16. The summed E-state index contributed by atoms with van der Waals surface area (Å²) in [6.45, 7) is -2.60. The number of hydrogen-bond donors (Lipinski definition) is 1. The topological polar surface area (TPSA) is 67.5 Å². The van der Waals surface area contributed by atoms with E-state index in [1.807, 2.05) is 24.3 Å². The van der Waals surface area contributed by atoms with Crippen molar-refractivity contribution < 1.29 is 23.0 Å². The number of para-hydroxylation sites is 1. The van der Waals surface area contributed by atoms with Gasteiger partial charge in [0.25, 0.3) is 5.91 Å². The maximum Gasteiger partial charge on any atom is 0.387 e. The summed E-state index contributed by atoms with van der Waals surface area (Å²) in [4.78, 5) is 14.9. The number of methoxy groups -OCH3 is 1. The van der Waals surface area contributed by atoms with Gasteiger partial charge < -0.3 is 14.4 Å². The Bertz CT molecular complexity index is 1000. The number of rotatable bonds is 7. The number of hydrogen-bond acceptors (Lipinski definition) is 4. The quantitative estimate of drug-likeness (QED) is 0.666. The molecule has 1 saturated carbocycles. The van der Waals surface area contributed by atoms with Gasteiger partial charge in [0.15, 0.2) is 17.2 Å². The van der Waals surface area contributed by atoms with Crippen LogP contribution in [-0.2, 0) is 6.54 Å². The van der Waals surface area contributed by atoms with E-state index >= 15 is 0 Å². The average molecular weight is 387 g/mol. The molecule has 0 aliphatic heterocycles. The third kappa shape index (κ3) is 3.62. The maximum atomic E-state index is 13.2. The van der Waals surface area contributed by atoms with E-state index in [0.29, 0.717) is 12.2 Å². The summed E-state index contributed by atoms with van der Waals surface area (Å²) in [5.41, 5.74) is 1.95. The Labute approximate surface area is 160 Å². The molecule has 146 valence electrons. The van der Waals surface area contributed by atoms with Crippen molar-refractivity contribution in [3.8, 4) is 11.5 Å². The van der Waals surface area contributed by atoms with Gasteiger partial charge in [-0.05, 0) is 36.6 Å². The van der Waals surface area contributed by atoms with Crippen LogP contribution in [0.15, 0.2) is 42.5 Å². The fourth-order valence-electron chi connectivity index (χ4n) is 3.22. The fourth-order valence-corrected chi connectivity index (χ4v) is 3.22. The number of halogens is 2. The molecule has 6 nitrogen and oxygen atoms in total. The van der Waals surface area contributed by atoms with Crippen LogP contribution >= 0.6 is 0 Å². The van der Waals surface area contributed by atoms with Crippen LogP contribution in [0.4, 0.5) is 8.78 Å². The van der Waals surface area contributed by atoms with Gasteiger partial charge in [-0.15, -0.1) is 0 Å². The van der Waals surface area contributed by atoms with Gasteiger partial charge in [0.05, 0.1) is 12.6 Å². The summed E-state index contributed by atoms with van der Waals surface area (Å²) in [7, 11) is 1.39. The molecule has 1 aromatic heterocycles. The zero-order chi connectivity index (χ0) is 19.7. The van der Waals surface area contributed by atoms with Crippen molar-refractivity contribution in [1.29, 1.82) is 0 Å². The van der Waals surface area contributed by atoms with Crippen molar-refractivity contribution in [2.45, 2.75) is 32.0 Å². The Balaban J connectivity index is 1.60. The van der Waals surface area contributed by atoms with Crippen LogP contribution in [0.1, 0.15) is 28.9 Å². The largest absolute Gasteiger partial charge is 0.493 e. The number of aromatic amines is 1. The number of carbonyl (C=O) groups is 1. The van der Waals surface area contributed by atoms with Crippen molar-refractivity contribution in [2.24, 2.45) is 0 Å². The summed E-state index contributed by atoms with van der Waals surface area (Å²) in [5.74, 6) is 0.00174. The molecule has 0 spiro atoms. The normalized spacial score (nSPS) is 13.7. The van der Waals surface area contributed by atoms with Crippen molar-refractivity contribution in [1.82, 2.24) is 15.1 Å². The lowest BCUT2D eigenvalue weighted by atomic mass is 10.1. The van der Waals surface area contributed by atoms with Crippen LogP contribution in [0.5, 0.6) is 11.5 Å². The lowest BCUT2D eigenvalue weighted by Crippen LogP contribution is -2.33. The fraction of sp³-hybridized carbons (Fsp3) is 0.300. The summed E-state index contributed by atoms with van der Waals surface area (Å²) in [6, 6.07) is 12.3. The van der Waals surface area contributed by atoms with Gasteiger partial charge in [-0.3, -0.25) is 9.89 Å². The molecule has 1 N–H and O–H groups in total. The van der Waals surface area contributed by atoms with E-state index in [1.54, 1.807) is 17.0 Å². The van der Waals surface area contributed by atoms with Gasteiger partial charge in [-0.1, -0.05) is 24.3 Å². The number of carbonyl (C=O) groups excluding carboxylic acids is 1. The molecule has 1 heterocycles. The van der Waals surface area contributed by atoms with E-state index in [9.17, 15) is 13.6 Å². The maximum absolute atomic E-state index is 13.2. The highest BCUT2D eigenvalue weighted by Crippen LogP contribution is 2.33. The molecule has 0 bridgehead atoms. The summed E-state index contributed by atoms with van der Waals surface area (Å²) in [6.07, 6.45) is 1.86. The second kappa shape index (κ2) is 7.46. The summed E-state index contributed by atoms with van der Waals surface area (Å²) < 4.78 is 34.6. The first-order chi connectivity index (χ1) is 13.6. The minimum Gasteiger partial charge on any atom is -0.493 e. The van der Waals surface area contributed by atoms with E-state index in [-0.39, 0.29) is 23.4 Å². The number of nitrogens with zero attached hydrogens (tertiary/aromatic N) is 2. The van der Waals surface area contributed by atoms with E-state index in [4.69, 9.17) is 4.74 Å². The number of fused-ring (bicyclic) bond motifs is 1. The van der Waals surface area contributed by atoms with E-state index in [0.717, 1.165) is 29.3 Å². The molecular formula is C20H19F2N3O3. The predicted octanol–water partition coefficient (Wildman–Crippen LogP) is 3.98. The third-order valence-electron chi connectivity index (χ3n) is 4.72. The second-order valence-corrected chi connectivity index (χ2v) is 6.65. The Morgan fingerprint density at radius 3 is 2.75 bits per heavy atom. The monoisotopic (exact) mass is 387 g/mol. The average Bonchev–Trinajstić information content (AvgIpc) is 3.44. The molecule has 0 unspecified atom stereocenters. The zero-order valence-corrected chi connectivity index (χ0v) is 15.2. The molecule has 2 aromatic carbocycles. The van der Waals surface area contributed by atoms with E-state index in [2.05, 4.69) is 14.9 Å². The van der Waals surface area contributed by atoms with Crippen LogP contribution in [-0.4, -0.2) is 40.8 Å². The van der Waals surface area contributed by atoms with Gasteiger partial charge in [0, 0.05) is 18.0 Å². The molecule has 1 aliphatic carbocycles. The number of nitrogens with one attached hydrogen (secondary N) is 1. The number of aromatic nitrogens is 2. The molecule has 1 aliphatic rings. The van der Waals surface area contributed by atoms with Gasteiger partial charge in [0.2, 0.25) is 0 Å². The number of amides is 1. The Kier molecular flexibility index (Phi) is 4.85. The molecule has 28 heavy (non-hydrogen) atoms. The molecule has 4 rings (SSSR count). The molecule has 0 radical (unpaired) electrons. The van der Waals surface area contributed by atoms with Crippen molar-refractivity contribution in [3.05, 3.63) is 53.7 Å². The van der Waals surface area contributed by atoms with Crippen molar-refractivity contribution in [2.75, 3.05) is 7.11 Å². The van der Waals surface area contributed by atoms with Crippen molar-refractivity contribution >= 4 is 16.8 Å². The first kappa shape index (κ1) is 18.2. The number of alkyl halides is 2. The van der Waals surface area contributed by atoms with Crippen LogP contribution in [0.2, 0.25) is 0 Å². The molecule has 1 amide bonds. The zero-order valence-electron chi connectivity index (χ0n) is 15.2. The predicted molar refractivity (Wildman–Crippen MR) is 98.6 cm³/mol. The lowest BCUT2D eigenvalue weighted by molar-refractivity contribution is -0.0512. The summed E-state index contributed by atoms with van der Waals surface area (Å²) in [5, 5.41) is 7.86. The summed E-state index contributed by atoms with van der Waals surface area (Å²) >= 11 is 0. The van der Waals surface area contributed by atoms with Crippen LogP contribution in [0.25, 0.3) is 10.9 Å². The van der Waals surface area contributed by atoms with E-state index in [1.165, 1.54) is 13.2 Å². The minimum absolute atomic E-state index is 0.0381. The van der Waals surface area contributed by atoms with Crippen LogP contribution in [0, 0.1) is 0 Å². The Morgan fingerprint density at radius 2 is 2.04 bits per heavy atom. The molecule has 0 atom stereocenters. The van der Waals surface area contributed by atoms with Gasteiger partial charge in [0.1, 0.15) is 0 Å². The molecule has 1 fully saturated rings. The van der Waals surface area contributed by atoms with Gasteiger partial charge in [-0.2, -0.15) is 13.9 Å². The van der Waals surface area contributed by atoms with Gasteiger partial charge >= 0.3 is 6.61 Å². The SMILES string of the molecule is COc1cc(CN(C(=O)c2n[nH]c3ccccc23)C2CC2)ccc1OC(F)F. The molecular weight excluding hydrogens is 368 g/mol. The number of benzene rings is 2. The second-order valence-electron chi connectivity index (χ2n) is 6.65. The first-order valence-corrected chi connectivity index (χ1v) is 8.92. The minimum atomic E-state index is -2.93. The highest BCUT2D eigenvalue weighted by Gasteiger charge is 2.34. The standard InChI is InChI=1S/C20H19F2N3O3/c1-27-17-10-12(6-9-16(17)28-20(21)22)11-25(13-7-8-13)19(26)18-14-4-2-3-5-15(14)23-24-18/h2-6,9-10,13,20H,7-8,11H2,1H3,(H,23,24). The highest BCUT2D eigenvalue weighted by molar-refractivity contribution is 6.04. The number of ether oxygens (including phenoxy) is 2. The molecule has 8 heteroatoms. The smallest absolute Gasteiger partial charge is 0.387 e. The van der Waals surface area contributed by atoms with E-state index < -0.39 is 6.61 Å². The lowest BCUT2D eigenvalue weighted by Gasteiger charge is -2.22. The molecule has 0 saturated heterocycles. The van der Waals surface area contributed by atoms with Crippen LogP contribution < -0.4 is 9.47 Å². The van der Waals surface area contributed by atoms with Gasteiger partial charge in [-0.25, -0.2) is 0 Å². The highest BCUT2D eigenvalue weighted by atomic mass is 19.3.